The minimum absolute atomic E-state index is 0.0775. The smallest absolute Gasteiger partial charge is 0.226 e. The third kappa shape index (κ3) is 4.89. The average molecular weight is 362 g/mol. The second kappa shape index (κ2) is 8.26. The zero-order chi connectivity index (χ0) is 18.4. The molecule has 2 aromatic carbocycles. The third-order valence-corrected chi connectivity index (χ3v) is 4.92. The summed E-state index contributed by atoms with van der Waals surface area (Å²) >= 11 is 6.03. The van der Waals surface area contributed by atoms with Crippen molar-refractivity contribution in [3.8, 4) is 17.2 Å². The van der Waals surface area contributed by atoms with E-state index in [4.69, 9.17) is 16.3 Å². The minimum Gasteiger partial charge on any atom is -0.508 e. The lowest BCUT2D eigenvalue weighted by Gasteiger charge is -2.25. The second-order valence-electron chi connectivity index (χ2n) is 6.31. The maximum Gasteiger partial charge on any atom is 0.226 e. The van der Waals surface area contributed by atoms with E-state index in [-0.39, 0.29) is 17.1 Å². The fraction of sp³-hybridized carbons (Fsp3) is 0.350. The van der Waals surface area contributed by atoms with Crippen LogP contribution in [0.3, 0.4) is 0 Å². The molecule has 0 saturated carbocycles. The lowest BCUT2D eigenvalue weighted by Crippen LogP contribution is -2.37. The van der Waals surface area contributed by atoms with E-state index in [1.807, 2.05) is 45.0 Å². The quantitative estimate of drug-likeness (QED) is 0.705. The first-order valence-corrected chi connectivity index (χ1v) is 8.79. The number of carbonyl (C=O) groups is 1. The number of phenolic OH excluding ortho intramolecular Hbond substituents is 1. The number of hydrogen-bond donors (Lipinski definition) is 2. The van der Waals surface area contributed by atoms with Crippen LogP contribution in [0.5, 0.6) is 17.2 Å². The molecule has 0 fully saturated rings. The molecule has 134 valence electrons. The molecule has 0 heterocycles. The highest BCUT2D eigenvalue weighted by atomic mass is 35.5. The van der Waals surface area contributed by atoms with Crippen molar-refractivity contribution in [3.05, 3.63) is 53.1 Å². The number of amides is 1. The zero-order valence-corrected chi connectivity index (χ0v) is 15.6. The van der Waals surface area contributed by atoms with Crippen LogP contribution in [0.15, 0.2) is 42.5 Å². The largest absolute Gasteiger partial charge is 0.508 e. The molecule has 2 rings (SSSR count). The summed E-state index contributed by atoms with van der Waals surface area (Å²) in [7, 11) is 0. The Labute approximate surface area is 153 Å². The maximum atomic E-state index is 12.3. The molecule has 0 aliphatic carbocycles. The molecule has 0 aromatic heterocycles. The molecule has 0 aliphatic heterocycles. The van der Waals surface area contributed by atoms with Gasteiger partial charge in [-0.3, -0.25) is 4.79 Å². The summed E-state index contributed by atoms with van der Waals surface area (Å²) in [6, 6.07) is 12.0. The predicted octanol–water partition coefficient (Wildman–Crippen LogP) is 5.28. The molecule has 25 heavy (non-hydrogen) atoms. The molecule has 0 spiro atoms. The van der Waals surface area contributed by atoms with Gasteiger partial charge in [0.05, 0.1) is 5.02 Å². The van der Waals surface area contributed by atoms with Crippen LogP contribution in [0.1, 0.15) is 39.2 Å². The van der Waals surface area contributed by atoms with Crippen molar-refractivity contribution in [2.75, 3.05) is 0 Å². The van der Waals surface area contributed by atoms with Gasteiger partial charge in [-0.05, 0) is 42.7 Å². The monoisotopic (exact) mass is 361 g/mol. The molecule has 2 aromatic rings. The van der Waals surface area contributed by atoms with Crippen LogP contribution in [-0.4, -0.2) is 11.0 Å². The highest BCUT2D eigenvalue weighted by Crippen LogP contribution is 2.32. The maximum absolute atomic E-state index is 12.3. The number of hydrogen-bond acceptors (Lipinski definition) is 3. The van der Waals surface area contributed by atoms with Gasteiger partial charge in [0.25, 0.3) is 0 Å². The Balaban J connectivity index is 1.97. The van der Waals surface area contributed by atoms with Gasteiger partial charge < -0.3 is 15.2 Å². The number of aromatic hydroxyl groups is 1. The van der Waals surface area contributed by atoms with E-state index in [0.717, 1.165) is 18.4 Å². The molecule has 0 bridgehead atoms. The SMILES string of the molecule is CCC(C)(CC)C(=O)NCc1ccc(Oc2ccc(O)cc2Cl)cc1. The lowest BCUT2D eigenvalue weighted by molar-refractivity contribution is -0.130. The third-order valence-electron chi connectivity index (χ3n) is 4.63. The number of carbonyl (C=O) groups excluding carboxylic acids is 1. The topological polar surface area (TPSA) is 58.6 Å². The van der Waals surface area contributed by atoms with Crippen molar-refractivity contribution < 1.29 is 14.6 Å². The molecule has 0 atom stereocenters. The van der Waals surface area contributed by atoms with Gasteiger partial charge >= 0.3 is 0 Å². The number of rotatable bonds is 7. The van der Waals surface area contributed by atoms with Crippen molar-refractivity contribution in [2.24, 2.45) is 5.41 Å². The second-order valence-corrected chi connectivity index (χ2v) is 6.72. The van der Waals surface area contributed by atoms with Gasteiger partial charge in [-0.15, -0.1) is 0 Å². The van der Waals surface area contributed by atoms with E-state index in [1.54, 1.807) is 6.07 Å². The summed E-state index contributed by atoms with van der Waals surface area (Å²) < 4.78 is 5.70. The first-order chi connectivity index (χ1) is 11.9. The average Bonchev–Trinajstić information content (AvgIpc) is 2.62. The Morgan fingerprint density at radius 3 is 2.36 bits per heavy atom. The van der Waals surface area contributed by atoms with Gasteiger partial charge in [-0.2, -0.15) is 0 Å². The fourth-order valence-electron chi connectivity index (χ4n) is 2.34. The van der Waals surface area contributed by atoms with Gasteiger partial charge in [-0.25, -0.2) is 0 Å². The number of benzene rings is 2. The molecular weight excluding hydrogens is 338 g/mol. The van der Waals surface area contributed by atoms with Crippen LogP contribution < -0.4 is 10.1 Å². The van der Waals surface area contributed by atoms with E-state index in [1.165, 1.54) is 12.1 Å². The van der Waals surface area contributed by atoms with Crippen LogP contribution in [0, 0.1) is 5.41 Å². The molecule has 0 radical (unpaired) electrons. The number of phenols is 1. The fourth-order valence-corrected chi connectivity index (χ4v) is 2.56. The lowest BCUT2D eigenvalue weighted by atomic mass is 9.84. The Hall–Kier alpha value is -2.20. The van der Waals surface area contributed by atoms with Crippen molar-refractivity contribution >= 4 is 17.5 Å². The van der Waals surface area contributed by atoms with E-state index < -0.39 is 0 Å². The standard InChI is InChI=1S/C20H24ClNO3/c1-4-20(3,5-2)19(24)22-13-14-6-9-16(10-7-14)25-18-11-8-15(23)12-17(18)21/h6-12,23H,4-5,13H2,1-3H3,(H,22,24). The van der Waals surface area contributed by atoms with Crippen LogP contribution >= 0.6 is 11.6 Å². The molecule has 1 amide bonds. The Bertz CT molecular complexity index is 724. The van der Waals surface area contributed by atoms with Crippen molar-refractivity contribution in [3.63, 3.8) is 0 Å². The van der Waals surface area contributed by atoms with Crippen LogP contribution in [0.2, 0.25) is 5.02 Å². The summed E-state index contributed by atoms with van der Waals surface area (Å²) in [5.74, 6) is 1.28. The molecular formula is C20H24ClNO3. The van der Waals surface area contributed by atoms with Gasteiger partial charge in [0.2, 0.25) is 5.91 Å². The highest BCUT2D eigenvalue weighted by Gasteiger charge is 2.28. The van der Waals surface area contributed by atoms with E-state index in [2.05, 4.69) is 5.32 Å². The number of nitrogens with one attached hydrogen (secondary N) is 1. The normalized spacial score (nSPS) is 11.2. The number of halogens is 1. The molecule has 0 saturated heterocycles. The molecule has 4 nitrogen and oxygen atoms in total. The first kappa shape index (κ1) is 19.1. The molecule has 0 unspecified atom stereocenters. The Kier molecular flexibility index (Phi) is 6.32. The summed E-state index contributed by atoms with van der Waals surface area (Å²) in [6.45, 7) is 6.53. The van der Waals surface area contributed by atoms with Crippen molar-refractivity contribution in [1.82, 2.24) is 5.32 Å². The molecule has 5 heteroatoms. The van der Waals surface area contributed by atoms with E-state index in [9.17, 15) is 9.90 Å². The predicted molar refractivity (Wildman–Crippen MR) is 100 cm³/mol. The van der Waals surface area contributed by atoms with E-state index in [0.29, 0.717) is 23.1 Å². The highest BCUT2D eigenvalue weighted by molar-refractivity contribution is 6.32. The molecule has 0 aliphatic rings. The zero-order valence-electron chi connectivity index (χ0n) is 14.8. The van der Waals surface area contributed by atoms with Gasteiger partial charge in [-0.1, -0.05) is 44.5 Å². The van der Waals surface area contributed by atoms with Gasteiger partial charge in [0.1, 0.15) is 17.2 Å². The summed E-state index contributed by atoms with van der Waals surface area (Å²) in [5.41, 5.74) is 0.672. The summed E-state index contributed by atoms with van der Waals surface area (Å²) in [5, 5.41) is 12.7. The van der Waals surface area contributed by atoms with Crippen LogP contribution in [0.25, 0.3) is 0 Å². The Morgan fingerprint density at radius 1 is 1.16 bits per heavy atom. The van der Waals surface area contributed by atoms with Crippen molar-refractivity contribution in [2.45, 2.75) is 40.2 Å². The van der Waals surface area contributed by atoms with Crippen LogP contribution in [-0.2, 0) is 11.3 Å². The molecule has 2 N–H and O–H groups in total. The van der Waals surface area contributed by atoms with Crippen LogP contribution in [0.4, 0.5) is 0 Å². The minimum atomic E-state index is -0.321. The number of ether oxygens (including phenoxy) is 1. The van der Waals surface area contributed by atoms with Crippen molar-refractivity contribution in [1.29, 1.82) is 0 Å². The summed E-state index contributed by atoms with van der Waals surface area (Å²) in [4.78, 5) is 12.3. The van der Waals surface area contributed by atoms with Gasteiger partial charge in [0, 0.05) is 18.0 Å². The summed E-state index contributed by atoms with van der Waals surface area (Å²) in [6.07, 6.45) is 1.63. The van der Waals surface area contributed by atoms with E-state index >= 15 is 0 Å². The van der Waals surface area contributed by atoms with Gasteiger partial charge in [0.15, 0.2) is 0 Å². The Morgan fingerprint density at radius 2 is 1.80 bits per heavy atom. The first-order valence-electron chi connectivity index (χ1n) is 8.41.